The smallest absolute Gasteiger partial charge is 0.252 e. The van der Waals surface area contributed by atoms with Gasteiger partial charge in [0.05, 0.1) is 22.8 Å². The highest BCUT2D eigenvalue weighted by Gasteiger charge is 2.23. The van der Waals surface area contributed by atoms with E-state index in [0.717, 1.165) is 54.8 Å². The van der Waals surface area contributed by atoms with E-state index < -0.39 is 0 Å². The number of carbonyl (C=O) groups is 1. The molecule has 0 radical (unpaired) electrons. The van der Waals surface area contributed by atoms with Gasteiger partial charge in [-0.05, 0) is 39.7 Å². The van der Waals surface area contributed by atoms with E-state index >= 15 is 0 Å². The highest BCUT2D eigenvalue weighted by molar-refractivity contribution is 6.06. The van der Waals surface area contributed by atoms with Crippen molar-refractivity contribution < 1.29 is 4.79 Å². The Hall–Kier alpha value is -2.99. The van der Waals surface area contributed by atoms with E-state index in [1.165, 1.54) is 5.57 Å². The molecular weight excluding hydrogens is 386 g/mol. The number of hydrogen-bond donors (Lipinski definition) is 1. The topological polar surface area (TPSA) is 63.1 Å². The Morgan fingerprint density at radius 1 is 1.19 bits per heavy atom. The van der Waals surface area contributed by atoms with Crippen molar-refractivity contribution in [1.82, 2.24) is 25.0 Å². The molecule has 0 spiro atoms. The van der Waals surface area contributed by atoms with Gasteiger partial charge < -0.3 is 5.32 Å². The lowest BCUT2D eigenvalue weighted by Crippen LogP contribution is -2.44. The van der Waals surface area contributed by atoms with Gasteiger partial charge in [-0.2, -0.15) is 5.10 Å². The van der Waals surface area contributed by atoms with E-state index in [1.54, 1.807) is 6.20 Å². The first-order chi connectivity index (χ1) is 15.0. The molecule has 0 saturated carbocycles. The molecule has 1 aliphatic heterocycles. The number of nitrogens with one attached hydrogen (secondary N) is 1. The van der Waals surface area contributed by atoms with Gasteiger partial charge in [0.15, 0.2) is 5.65 Å². The molecule has 2 aromatic heterocycles. The lowest BCUT2D eigenvalue weighted by Gasteiger charge is -2.31. The number of pyridine rings is 1. The molecule has 1 aliphatic rings. The van der Waals surface area contributed by atoms with Crippen LogP contribution in [0, 0.1) is 0 Å². The van der Waals surface area contributed by atoms with E-state index in [1.807, 2.05) is 48.0 Å². The first-order valence-electron chi connectivity index (χ1n) is 11.1. The Morgan fingerprint density at radius 3 is 2.61 bits per heavy atom. The summed E-state index contributed by atoms with van der Waals surface area (Å²) in [5.74, 6) is -0.0389. The van der Waals surface area contributed by atoms with Gasteiger partial charge in [0, 0.05) is 37.8 Å². The van der Waals surface area contributed by atoms with Crippen LogP contribution in [-0.2, 0) is 6.54 Å². The van der Waals surface area contributed by atoms with Crippen LogP contribution < -0.4 is 5.32 Å². The molecule has 6 nitrogen and oxygen atoms in total. The van der Waals surface area contributed by atoms with Crippen LogP contribution in [0.4, 0.5) is 0 Å². The zero-order valence-electron chi connectivity index (χ0n) is 18.6. The second-order valence-corrected chi connectivity index (χ2v) is 8.45. The minimum atomic E-state index is -0.0389. The summed E-state index contributed by atoms with van der Waals surface area (Å²) >= 11 is 0. The summed E-state index contributed by atoms with van der Waals surface area (Å²) in [6.07, 6.45) is 5.97. The number of allylic oxidation sites excluding steroid dienone is 1. The summed E-state index contributed by atoms with van der Waals surface area (Å²) in [5, 5.41) is 8.52. The summed E-state index contributed by atoms with van der Waals surface area (Å²) < 4.78 is 1.85. The Kier molecular flexibility index (Phi) is 6.47. The Balaban J connectivity index is 1.55. The van der Waals surface area contributed by atoms with Crippen molar-refractivity contribution in [3.8, 4) is 11.3 Å². The normalized spacial score (nSPS) is 15.2. The van der Waals surface area contributed by atoms with Crippen molar-refractivity contribution in [1.29, 1.82) is 0 Å². The fourth-order valence-electron chi connectivity index (χ4n) is 4.06. The molecule has 3 aromatic rings. The third-order valence-corrected chi connectivity index (χ3v) is 5.90. The summed E-state index contributed by atoms with van der Waals surface area (Å²) in [7, 11) is 0. The van der Waals surface area contributed by atoms with E-state index in [0.29, 0.717) is 12.1 Å². The van der Waals surface area contributed by atoms with Crippen molar-refractivity contribution in [2.45, 2.75) is 46.2 Å². The molecule has 3 heterocycles. The zero-order chi connectivity index (χ0) is 21.8. The summed E-state index contributed by atoms with van der Waals surface area (Å²) in [6.45, 7) is 10.0. The molecule has 0 aliphatic carbocycles. The highest BCUT2D eigenvalue weighted by atomic mass is 16.1. The van der Waals surface area contributed by atoms with Crippen LogP contribution in [0.1, 0.15) is 44.0 Å². The van der Waals surface area contributed by atoms with Crippen LogP contribution >= 0.6 is 0 Å². The molecule has 0 unspecified atom stereocenters. The second-order valence-electron chi connectivity index (χ2n) is 8.45. The van der Waals surface area contributed by atoms with Gasteiger partial charge in [-0.3, -0.25) is 9.69 Å². The number of aromatic nitrogens is 3. The summed E-state index contributed by atoms with van der Waals surface area (Å²) in [4.78, 5) is 20.6. The van der Waals surface area contributed by atoms with E-state index in [9.17, 15) is 4.79 Å². The molecule has 4 rings (SSSR count). The first-order valence-corrected chi connectivity index (χ1v) is 11.1. The average Bonchev–Trinajstić information content (AvgIpc) is 3.21. The second kappa shape index (κ2) is 9.43. The molecule has 1 aromatic carbocycles. The lowest BCUT2D eigenvalue weighted by atomic mass is 10.0. The molecule has 1 saturated heterocycles. The molecule has 162 valence electrons. The number of likely N-dealkylation sites (tertiary alicyclic amines) is 1. The molecule has 1 N–H and O–H groups in total. The number of fused-ring (bicyclic) bond motifs is 1. The lowest BCUT2D eigenvalue weighted by molar-refractivity contribution is 0.0915. The first kappa shape index (κ1) is 21.2. The fraction of sp³-hybridized carbons (Fsp3) is 0.400. The minimum absolute atomic E-state index is 0.0389. The number of carbonyl (C=O) groups excluding carboxylic acids is 1. The van der Waals surface area contributed by atoms with E-state index in [-0.39, 0.29) is 11.9 Å². The fourth-order valence-corrected chi connectivity index (χ4v) is 4.06. The predicted octanol–water partition coefficient (Wildman–Crippen LogP) is 4.28. The molecule has 31 heavy (non-hydrogen) atoms. The monoisotopic (exact) mass is 417 g/mol. The number of piperidine rings is 1. The average molecular weight is 418 g/mol. The molecular formula is C25H31N5O. The molecule has 0 bridgehead atoms. The third kappa shape index (κ3) is 4.85. The predicted molar refractivity (Wildman–Crippen MR) is 125 cm³/mol. The van der Waals surface area contributed by atoms with Crippen LogP contribution in [0.5, 0.6) is 0 Å². The van der Waals surface area contributed by atoms with Crippen LogP contribution in [0.3, 0.4) is 0 Å². The van der Waals surface area contributed by atoms with Crippen molar-refractivity contribution in [2.24, 2.45) is 0 Å². The molecule has 0 atom stereocenters. The number of benzene rings is 1. The third-order valence-electron chi connectivity index (χ3n) is 5.90. The van der Waals surface area contributed by atoms with Crippen molar-refractivity contribution in [3.05, 3.63) is 59.8 Å². The SMILES string of the molecule is CCn1ncc2c(C(=O)NC3CCN(CC=C(C)C)CC3)cc(-c3ccccc3)nc21. The molecule has 1 amide bonds. The highest BCUT2D eigenvalue weighted by Crippen LogP contribution is 2.25. The Bertz CT molecular complexity index is 1070. The van der Waals surface area contributed by atoms with Gasteiger partial charge in [0.25, 0.3) is 5.91 Å². The van der Waals surface area contributed by atoms with Gasteiger partial charge in [0.2, 0.25) is 0 Å². The number of amides is 1. The van der Waals surface area contributed by atoms with E-state index in [4.69, 9.17) is 4.98 Å². The van der Waals surface area contributed by atoms with Crippen LogP contribution in [0.15, 0.2) is 54.2 Å². The number of aryl methyl sites for hydroxylation is 1. The van der Waals surface area contributed by atoms with Crippen LogP contribution in [-0.4, -0.2) is 51.2 Å². The standard InChI is InChI=1S/C25H31N5O/c1-4-30-24-22(17-26-30)21(16-23(28-24)19-8-6-5-7-9-19)25(31)27-20-11-14-29(15-12-20)13-10-18(2)3/h5-10,16-17,20H,4,11-15H2,1-3H3,(H,27,31). The van der Waals surface area contributed by atoms with Crippen molar-refractivity contribution >= 4 is 16.9 Å². The van der Waals surface area contributed by atoms with E-state index in [2.05, 4.69) is 35.2 Å². The summed E-state index contributed by atoms with van der Waals surface area (Å²) in [6, 6.07) is 12.1. The maximum atomic E-state index is 13.3. The number of rotatable bonds is 6. The van der Waals surface area contributed by atoms with Gasteiger partial charge in [-0.25, -0.2) is 9.67 Å². The Morgan fingerprint density at radius 2 is 1.94 bits per heavy atom. The molecule has 1 fully saturated rings. The largest absolute Gasteiger partial charge is 0.349 e. The maximum Gasteiger partial charge on any atom is 0.252 e. The molecule has 6 heteroatoms. The van der Waals surface area contributed by atoms with Crippen molar-refractivity contribution in [3.63, 3.8) is 0 Å². The zero-order valence-corrected chi connectivity index (χ0v) is 18.6. The number of hydrogen-bond acceptors (Lipinski definition) is 4. The summed E-state index contributed by atoms with van der Waals surface area (Å²) in [5.41, 5.74) is 4.54. The quantitative estimate of drug-likeness (QED) is 0.608. The minimum Gasteiger partial charge on any atom is -0.349 e. The van der Waals surface area contributed by atoms with Crippen molar-refractivity contribution in [2.75, 3.05) is 19.6 Å². The van der Waals surface area contributed by atoms with Crippen LogP contribution in [0.25, 0.3) is 22.3 Å². The van der Waals surface area contributed by atoms with Gasteiger partial charge >= 0.3 is 0 Å². The van der Waals surface area contributed by atoms with Gasteiger partial charge in [0.1, 0.15) is 0 Å². The van der Waals surface area contributed by atoms with Gasteiger partial charge in [-0.1, -0.05) is 42.0 Å². The maximum absolute atomic E-state index is 13.3. The van der Waals surface area contributed by atoms with Crippen LogP contribution in [0.2, 0.25) is 0 Å². The Labute approximate surface area is 184 Å². The van der Waals surface area contributed by atoms with Gasteiger partial charge in [-0.15, -0.1) is 0 Å². The number of nitrogens with zero attached hydrogens (tertiary/aromatic N) is 4.